The van der Waals surface area contributed by atoms with Crippen molar-refractivity contribution < 1.29 is 0 Å². The number of benzene rings is 1. The largest absolute Gasteiger partial charge is 0.378 e. The summed E-state index contributed by atoms with van der Waals surface area (Å²) in [5, 5.41) is 11.8. The van der Waals surface area contributed by atoms with E-state index in [9.17, 15) is 0 Å². The molecule has 2 aromatic rings. The second-order valence-corrected chi connectivity index (χ2v) is 6.97. The minimum atomic E-state index is -0.0361. The standard InChI is InChI=1S/C15H21BrN4/c1-10-6-11(2)14(13(16)7-10)17-8-12-9-20(19-18-12)15(3,4)5/h6-7,9,17H,8H2,1-5H3. The predicted molar refractivity (Wildman–Crippen MR) is 86.0 cm³/mol. The van der Waals surface area contributed by atoms with Crippen molar-refractivity contribution in [1.82, 2.24) is 15.0 Å². The Kier molecular flexibility index (Phi) is 4.18. The number of halogens is 1. The van der Waals surface area contributed by atoms with E-state index in [-0.39, 0.29) is 5.54 Å². The van der Waals surface area contributed by atoms with Crippen LogP contribution in [0.2, 0.25) is 0 Å². The fourth-order valence-electron chi connectivity index (χ4n) is 2.03. The molecular weight excluding hydrogens is 316 g/mol. The summed E-state index contributed by atoms with van der Waals surface area (Å²) in [6.07, 6.45) is 1.99. The molecule has 1 N–H and O–H groups in total. The Morgan fingerprint density at radius 1 is 1.25 bits per heavy atom. The lowest BCUT2D eigenvalue weighted by atomic mass is 10.1. The van der Waals surface area contributed by atoms with Crippen molar-refractivity contribution in [3.05, 3.63) is 39.6 Å². The summed E-state index contributed by atoms with van der Waals surface area (Å²) in [7, 11) is 0. The van der Waals surface area contributed by atoms with E-state index in [1.807, 2.05) is 10.9 Å². The van der Waals surface area contributed by atoms with Crippen LogP contribution < -0.4 is 5.32 Å². The van der Waals surface area contributed by atoms with E-state index in [1.165, 1.54) is 11.1 Å². The molecule has 0 aliphatic rings. The third-order valence-corrected chi connectivity index (χ3v) is 3.73. The smallest absolute Gasteiger partial charge is 0.102 e. The molecule has 0 aliphatic carbocycles. The van der Waals surface area contributed by atoms with Crippen LogP contribution in [0.25, 0.3) is 0 Å². The van der Waals surface area contributed by atoms with Gasteiger partial charge in [-0.1, -0.05) is 11.3 Å². The Hall–Kier alpha value is -1.36. The fourth-order valence-corrected chi connectivity index (χ4v) is 2.84. The van der Waals surface area contributed by atoms with Gasteiger partial charge in [-0.3, -0.25) is 0 Å². The molecule has 2 rings (SSSR count). The van der Waals surface area contributed by atoms with Crippen LogP contribution >= 0.6 is 15.9 Å². The van der Waals surface area contributed by atoms with Gasteiger partial charge in [0.15, 0.2) is 0 Å². The van der Waals surface area contributed by atoms with E-state index in [2.05, 4.69) is 78.3 Å². The van der Waals surface area contributed by atoms with Gasteiger partial charge in [-0.25, -0.2) is 4.68 Å². The van der Waals surface area contributed by atoms with E-state index in [1.54, 1.807) is 0 Å². The third kappa shape index (κ3) is 3.39. The topological polar surface area (TPSA) is 42.7 Å². The normalized spacial score (nSPS) is 11.7. The molecule has 0 spiro atoms. The second kappa shape index (κ2) is 5.56. The van der Waals surface area contributed by atoms with Gasteiger partial charge in [0.2, 0.25) is 0 Å². The number of anilines is 1. The highest BCUT2D eigenvalue weighted by atomic mass is 79.9. The van der Waals surface area contributed by atoms with Gasteiger partial charge in [0.05, 0.1) is 24.0 Å². The zero-order valence-corrected chi connectivity index (χ0v) is 14.2. The summed E-state index contributed by atoms with van der Waals surface area (Å²) in [6.45, 7) is 11.2. The van der Waals surface area contributed by atoms with Crippen molar-refractivity contribution in [1.29, 1.82) is 0 Å². The number of hydrogen-bond acceptors (Lipinski definition) is 3. The second-order valence-electron chi connectivity index (χ2n) is 6.12. The zero-order chi connectivity index (χ0) is 14.9. The van der Waals surface area contributed by atoms with Crippen molar-refractivity contribution in [2.45, 2.75) is 46.7 Å². The minimum Gasteiger partial charge on any atom is -0.378 e. The molecule has 0 unspecified atom stereocenters. The van der Waals surface area contributed by atoms with Crippen LogP contribution in [0, 0.1) is 13.8 Å². The SMILES string of the molecule is Cc1cc(C)c(NCc2cn(C(C)(C)C)nn2)c(Br)c1. The maximum Gasteiger partial charge on any atom is 0.102 e. The summed E-state index contributed by atoms with van der Waals surface area (Å²) < 4.78 is 2.97. The molecule has 0 aliphatic heterocycles. The first-order chi connectivity index (χ1) is 9.27. The highest BCUT2D eigenvalue weighted by molar-refractivity contribution is 9.10. The van der Waals surface area contributed by atoms with Crippen molar-refractivity contribution in [3.63, 3.8) is 0 Å². The van der Waals surface area contributed by atoms with Gasteiger partial charge in [-0.05, 0) is 67.7 Å². The number of aryl methyl sites for hydroxylation is 2. The molecule has 1 aromatic heterocycles. The van der Waals surface area contributed by atoms with Gasteiger partial charge in [0, 0.05) is 4.47 Å². The predicted octanol–water partition coefficient (Wildman–Crippen LogP) is 4.02. The molecular formula is C15H21BrN4. The van der Waals surface area contributed by atoms with Gasteiger partial charge in [-0.15, -0.1) is 5.10 Å². The zero-order valence-electron chi connectivity index (χ0n) is 12.7. The maximum absolute atomic E-state index is 4.21. The average Bonchev–Trinajstić information content (AvgIpc) is 2.75. The molecule has 0 saturated carbocycles. The minimum absolute atomic E-state index is 0.0361. The number of nitrogens with zero attached hydrogens (tertiary/aromatic N) is 3. The molecule has 0 radical (unpaired) electrons. The van der Waals surface area contributed by atoms with Crippen molar-refractivity contribution >= 4 is 21.6 Å². The summed E-state index contributed by atoms with van der Waals surface area (Å²) in [5.74, 6) is 0. The summed E-state index contributed by atoms with van der Waals surface area (Å²) in [6, 6.07) is 4.28. The van der Waals surface area contributed by atoms with Gasteiger partial charge in [0.1, 0.15) is 5.69 Å². The molecule has 1 aromatic carbocycles. The fraction of sp³-hybridized carbons (Fsp3) is 0.467. The Balaban J connectivity index is 2.12. The lowest BCUT2D eigenvalue weighted by molar-refractivity contribution is 0.347. The molecule has 5 heteroatoms. The monoisotopic (exact) mass is 336 g/mol. The molecule has 0 amide bonds. The lowest BCUT2D eigenvalue weighted by Crippen LogP contribution is -2.22. The summed E-state index contributed by atoms with van der Waals surface area (Å²) >= 11 is 3.60. The molecule has 4 nitrogen and oxygen atoms in total. The van der Waals surface area contributed by atoms with Gasteiger partial charge >= 0.3 is 0 Å². The Labute approximate surface area is 128 Å². The lowest BCUT2D eigenvalue weighted by Gasteiger charge is -2.17. The molecule has 0 atom stereocenters. The Morgan fingerprint density at radius 2 is 1.95 bits per heavy atom. The summed E-state index contributed by atoms with van der Waals surface area (Å²) in [4.78, 5) is 0. The van der Waals surface area contributed by atoms with E-state index < -0.39 is 0 Å². The first-order valence-electron chi connectivity index (χ1n) is 6.69. The number of rotatable bonds is 3. The third-order valence-electron chi connectivity index (χ3n) is 3.11. The van der Waals surface area contributed by atoms with Crippen LogP contribution in [0.1, 0.15) is 37.6 Å². The van der Waals surface area contributed by atoms with Gasteiger partial charge < -0.3 is 5.32 Å². The highest BCUT2D eigenvalue weighted by Gasteiger charge is 2.15. The molecule has 0 saturated heterocycles. The molecule has 1 heterocycles. The van der Waals surface area contributed by atoms with Gasteiger partial charge in [0.25, 0.3) is 0 Å². The Morgan fingerprint density at radius 3 is 2.50 bits per heavy atom. The van der Waals surface area contributed by atoms with Crippen molar-refractivity contribution in [3.8, 4) is 0 Å². The maximum atomic E-state index is 4.21. The van der Waals surface area contributed by atoms with Crippen LogP contribution in [-0.4, -0.2) is 15.0 Å². The number of nitrogens with one attached hydrogen (secondary N) is 1. The van der Waals surface area contributed by atoms with E-state index >= 15 is 0 Å². The van der Waals surface area contributed by atoms with Gasteiger partial charge in [-0.2, -0.15) is 0 Å². The van der Waals surface area contributed by atoms with Crippen LogP contribution in [-0.2, 0) is 12.1 Å². The first-order valence-corrected chi connectivity index (χ1v) is 7.49. The molecule has 20 heavy (non-hydrogen) atoms. The van der Waals surface area contributed by atoms with Crippen LogP contribution in [0.5, 0.6) is 0 Å². The summed E-state index contributed by atoms with van der Waals surface area (Å²) in [5.41, 5.74) is 4.48. The van der Waals surface area contributed by atoms with Crippen LogP contribution in [0.4, 0.5) is 5.69 Å². The van der Waals surface area contributed by atoms with Crippen LogP contribution in [0.3, 0.4) is 0 Å². The van der Waals surface area contributed by atoms with E-state index in [0.29, 0.717) is 6.54 Å². The molecule has 0 bridgehead atoms. The van der Waals surface area contributed by atoms with Crippen LogP contribution in [0.15, 0.2) is 22.8 Å². The Bertz CT molecular complexity index is 588. The average molecular weight is 337 g/mol. The van der Waals surface area contributed by atoms with Crippen molar-refractivity contribution in [2.24, 2.45) is 0 Å². The van der Waals surface area contributed by atoms with E-state index in [0.717, 1.165) is 15.9 Å². The van der Waals surface area contributed by atoms with E-state index in [4.69, 9.17) is 0 Å². The quantitative estimate of drug-likeness (QED) is 0.920. The molecule has 108 valence electrons. The first kappa shape index (κ1) is 15.0. The van der Waals surface area contributed by atoms with Crippen molar-refractivity contribution in [2.75, 3.05) is 5.32 Å². The molecule has 0 fully saturated rings. The number of hydrogen-bond donors (Lipinski definition) is 1. The highest BCUT2D eigenvalue weighted by Crippen LogP contribution is 2.28. The number of aromatic nitrogens is 3.